The summed E-state index contributed by atoms with van der Waals surface area (Å²) < 4.78 is 55.1. The molecular weight excluding hydrogens is 440 g/mol. The molecule has 0 saturated carbocycles. The zero-order valence-corrected chi connectivity index (χ0v) is 16.8. The Labute approximate surface area is 178 Å². The number of fused-ring (bicyclic) bond motifs is 1. The smallest absolute Gasteiger partial charge is 0.341 e. The van der Waals surface area contributed by atoms with Gasteiger partial charge in [-0.05, 0) is 36.2 Å². The van der Waals surface area contributed by atoms with Gasteiger partial charge in [-0.3, -0.25) is 4.79 Å². The first kappa shape index (κ1) is 21.0. The Bertz CT molecular complexity index is 1160. The molecule has 3 aromatic rings. The lowest BCUT2D eigenvalue weighted by Gasteiger charge is -2.29. The number of nitrogens with zero attached hydrogens (tertiary/aromatic N) is 5. The molecule has 12 heteroatoms. The molecule has 4 rings (SSSR count). The van der Waals surface area contributed by atoms with E-state index in [9.17, 15) is 22.4 Å². The summed E-state index contributed by atoms with van der Waals surface area (Å²) in [6.45, 7) is 1.93. The maximum absolute atomic E-state index is 14.9. The highest BCUT2D eigenvalue weighted by molar-refractivity contribution is 6.28. The predicted molar refractivity (Wildman–Crippen MR) is 105 cm³/mol. The Morgan fingerprint density at radius 1 is 1.26 bits per heavy atom. The van der Waals surface area contributed by atoms with Gasteiger partial charge in [-0.1, -0.05) is 6.07 Å². The maximum atomic E-state index is 14.9. The number of carbonyl (C=O) groups is 1. The average Bonchev–Trinajstić information content (AvgIpc) is 3.13. The third kappa shape index (κ3) is 4.18. The molecule has 31 heavy (non-hydrogen) atoms. The summed E-state index contributed by atoms with van der Waals surface area (Å²) in [6.07, 6.45) is -2.40. The van der Waals surface area contributed by atoms with E-state index in [0.29, 0.717) is 17.1 Å². The molecule has 1 aromatic carbocycles. The van der Waals surface area contributed by atoms with Gasteiger partial charge in [-0.25, -0.2) is 14.4 Å². The van der Waals surface area contributed by atoms with Crippen LogP contribution < -0.4 is 10.2 Å². The first-order chi connectivity index (χ1) is 14.7. The third-order valence-corrected chi connectivity index (χ3v) is 4.88. The van der Waals surface area contributed by atoms with Gasteiger partial charge in [0.15, 0.2) is 11.5 Å². The molecule has 0 radical (unpaired) electrons. The van der Waals surface area contributed by atoms with Crippen LogP contribution in [0.15, 0.2) is 30.6 Å². The number of nitrogens with one attached hydrogen (secondary N) is 1. The van der Waals surface area contributed by atoms with E-state index in [1.54, 1.807) is 17.9 Å². The number of rotatable bonds is 4. The molecule has 0 saturated heterocycles. The van der Waals surface area contributed by atoms with Crippen molar-refractivity contribution in [3.63, 3.8) is 0 Å². The number of halogens is 5. The SMILES string of the molecule is CCn1cc(C(F)(F)F)nc1-c1ccc(CN2CC(=O)Nc3cnc(Cl)nc32)cc1F. The highest BCUT2D eigenvalue weighted by Gasteiger charge is 2.35. The maximum Gasteiger partial charge on any atom is 0.434 e. The first-order valence-electron chi connectivity index (χ1n) is 9.16. The fourth-order valence-corrected chi connectivity index (χ4v) is 3.45. The second-order valence-electron chi connectivity index (χ2n) is 6.83. The molecule has 0 fully saturated rings. The summed E-state index contributed by atoms with van der Waals surface area (Å²) in [5, 5.41) is 2.62. The van der Waals surface area contributed by atoms with Crippen molar-refractivity contribution in [1.29, 1.82) is 0 Å². The Hall–Kier alpha value is -3.21. The topological polar surface area (TPSA) is 75.9 Å². The summed E-state index contributed by atoms with van der Waals surface area (Å²) in [7, 11) is 0. The lowest BCUT2D eigenvalue weighted by molar-refractivity contribution is -0.140. The minimum Gasteiger partial charge on any atom is -0.341 e. The molecule has 3 heterocycles. The van der Waals surface area contributed by atoms with Gasteiger partial charge in [-0.15, -0.1) is 0 Å². The number of aromatic nitrogens is 4. The van der Waals surface area contributed by atoms with Gasteiger partial charge in [-0.2, -0.15) is 18.2 Å². The number of hydrogen-bond donors (Lipinski definition) is 1. The number of imidazole rings is 1. The van der Waals surface area contributed by atoms with Crippen molar-refractivity contribution in [2.45, 2.75) is 26.2 Å². The van der Waals surface area contributed by atoms with Crippen LogP contribution in [0, 0.1) is 5.82 Å². The van der Waals surface area contributed by atoms with E-state index in [1.807, 2.05) is 0 Å². The Morgan fingerprint density at radius 3 is 2.71 bits per heavy atom. The van der Waals surface area contributed by atoms with Crippen molar-refractivity contribution >= 4 is 29.0 Å². The highest BCUT2D eigenvalue weighted by Crippen LogP contribution is 2.33. The van der Waals surface area contributed by atoms with Crippen LogP contribution in [-0.2, 0) is 24.1 Å². The van der Waals surface area contributed by atoms with Gasteiger partial charge in [0.25, 0.3) is 0 Å². The second kappa shape index (κ2) is 7.80. The number of anilines is 2. The van der Waals surface area contributed by atoms with Gasteiger partial charge < -0.3 is 14.8 Å². The molecule has 2 aromatic heterocycles. The van der Waals surface area contributed by atoms with E-state index in [1.165, 1.54) is 22.9 Å². The molecule has 1 aliphatic heterocycles. The van der Waals surface area contributed by atoms with Gasteiger partial charge in [0.1, 0.15) is 17.3 Å². The first-order valence-corrected chi connectivity index (χ1v) is 9.54. The third-order valence-electron chi connectivity index (χ3n) is 4.70. The monoisotopic (exact) mass is 454 g/mol. The van der Waals surface area contributed by atoms with Crippen molar-refractivity contribution < 1.29 is 22.4 Å². The number of carbonyl (C=O) groups excluding carboxylic acids is 1. The molecule has 1 aliphatic rings. The van der Waals surface area contributed by atoms with Crippen molar-refractivity contribution in [2.75, 3.05) is 16.8 Å². The summed E-state index contributed by atoms with van der Waals surface area (Å²) in [5.74, 6) is -0.740. The van der Waals surface area contributed by atoms with E-state index in [0.717, 1.165) is 6.20 Å². The van der Waals surface area contributed by atoms with E-state index in [-0.39, 0.29) is 42.2 Å². The van der Waals surface area contributed by atoms with Gasteiger partial charge in [0, 0.05) is 19.3 Å². The zero-order valence-electron chi connectivity index (χ0n) is 16.0. The van der Waals surface area contributed by atoms with Gasteiger partial charge >= 0.3 is 6.18 Å². The molecule has 0 spiro atoms. The standard InChI is InChI=1S/C19H15ClF4N6O/c1-2-29-8-14(19(22,23)24)27-16(29)11-4-3-10(5-12(11)21)7-30-9-15(31)26-13-6-25-18(20)28-17(13)30/h3-6,8H,2,7,9H2,1H3,(H,26,31). The summed E-state index contributed by atoms with van der Waals surface area (Å²) in [6, 6.07) is 4.14. The number of alkyl halides is 3. The van der Waals surface area contributed by atoms with Crippen molar-refractivity contribution in [2.24, 2.45) is 0 Å². The molecule has 1 amide bonds. The average molecular weight is 455 g/mol. The van der Waals surface area contributed by atoms with E-state index >= 15 is 0 Å². The largest absolute Gasteiger partial charge is 0.434 e. The molecule has 0 unspecified atom stereocenters. The lowest BCUT2D eigenvalue weighted by atomic mass is 10.1. The van der Waals surface area contributed by atoms with Crippen LogP contribution in [0.5, 0.6) is 0 Å². The molecular formula is C19H15ClF4N6O. The second-order valence-corrected chi connectivity index (χ2v) is 7.17. The number of aryl methyl sites for hydroxylation is 1. The fraction of sp³-hybridized carbons (Fsp3) is 0.263. The van der Waals surface area contributed by atoms with Crippen molar-refractivity contribution in [3.8, 4) is 11.4 Å². The zero-order chi connectivity index (χ0) is 22.3. The fourth-order valence-electron chi connectivity index (χ4n) is 3.32. The number of benzene rings is 1. The predicted octanol–water partition coefficient (Wildman–Crippen LogP) is 4.13. The highest BCUT2D eigenvalue weighted by atomic mass is 35.5. The molecule has 162 valence electrons. The van der Waals surface area contributed by atoms with E-state index < -0.39 is 17.7 Å². The summed E-state index contributed by atoms with van der Waals surface area (Å²) in [4.78, 5) is 25.1. The van der Waals surface area contributed by atoms with Crippen LogP contribution in [0.1, 0.15) is 18.2 Å². The van der Waals surface area contributed by atoms with Crippen LogP contribution in [0.4, 0.5) is 29.1 Å². The molecule has 0 bridgehead atoms. The van der Waals surface area contributed by atoms with Crippen LogP contribution >= 0.6 is 11.6 Å². The minimum atomic E-state index is -4.63. The van der Waals surface area contributed by atoms with E-state index in [2.05, 4.69) is 20.3 Å². The van der Waals surface area contributed by atoms with Crippen molar-refractivity contribution in [1.82, 2.24) is 19.5 Å². The van der Waals surface area contributed by atoms with Crippen molar-refractivity contribution in [3.05, 3.63) is 53.0 Å². The molecule has 7 nitrogen and oxygen atoms in total. The van der Waals surface area contributed by atoms with Gasteiger partial charge in [0.2, 0.25) is 11.2 Å². The molecule has 0 atom stereocenters. The van der Waals surface area contributed by atoms with Crippen LogP contribution in [0.25, 0.3) is 11.4 Å². The van der Waals surface area contributed by atoms with Crippen LogP contribution in [-0.4, -0.2) is 32.0 Å². The Balaban J connectivity index is 1.65. The summed E-state index contributed by atoms with van der Waals surface area (Å²) in [5.41, 5.74) is -0.270. The number of amides is 1. The van der Waals surface area contributed by atoms with Crippen LogP contribution in [0.3, 0.4) is 0 Å². The minimum absolute atomic E-state index is 0.00621. The lowest BCUT2D eigenvalue weighted by Crippen LogP contribution is -2.38. The number of hydrogen-bond acceptors (Lipinski definition) is 5. The Morgan fingerprint density at radius 2 is 2.03 bits per heavy atom. The summed E-state index contributed by atoms with van der Waals surface area (Å²) >= 11 is 5.85. The molecule has 1 N–H and O–H groups in total. The van der Waals surface area contributed by atoms with E-state index in [4.69, 9.17) is 11.6 Å². The Kier molecular flexibility index (Phi) is 5.29. The van der Waals surface area contributed by atoms with Gasteiger partial charge in [0.05, 0.1) is 18.3 Å². The normalized spacial score (nSPS) is 13.9. The quantitative estimate of drug-likeness (QED) is 0.474. The molecule has 0 aliphatic carbocycles. The van der Waals surface area contributed by atoms with Crippen LogP contribution in [0.2, 0.25) is 5.28 Å².